The lowest BCUT2D eigenvalue weighted by Crippen LogP contribution is -2.34. The van der Waals surface area contributed by atoms with E-state index in [9.17, 15) is 9.59 Å². The number of furan rings is 1. The number of nitrogens with zero attached hydrogens (tertiary/aromatic N) is 4. The number of rotatable bonds is 4. The first-order chi connectivity index (χ1) is 13.0. The molecule has 3 aromatic heterocycles. The predicted molar refractivity (Wildman–Crippen MR) is 102 cm³/mol. The molecule has 9 heteroatoms. The zero-order valence-electron chi connectivity index (χ0n) is 15.3. The number of hydrogen-bond donors (Lipinski definition) is 1. The molecule has 1 aliphatic heterocycles. The highest BCUT2D eigenvalue weighted by Gasteiger charge is 2.22. The molecule has 3 aromatic rings. The Hall–Kier alpha value is -2.68. The summed E-state index contributed by atoms with van der Waals surface area (Å²) in [5.41, 5.74) is -0.486. The van der Waals surface area contributed by atoms with Crippen molar-refractivity contribution >= 4 is 27.3 Å². The Morgan fingerprint density at radius 1 is 1.44 bits per heavy atom. The van der Waals surface area contributed by atoms with Crippen molar-refractivity contribution in [2.24, 2.45) is 5.92 Å². The summed E-state index contributed by atoms with van der Waals surface area (Å²) in [6.45, 7) is 6.10. The van der Waals surface area contributed by atoms with Crippen LogP contribution in [0.3, 0.4) is 0 Å². The molecule has 0 radical (unpaired) electrons. The summed E-state index contributed by atoms with van der Waals surface area (Å²) in [5.74, 6) is 1.51. The summed E-state index contributed by atoms with van der Waals surface area (Å²) >= 11 is 1.37. The van der Waals surface area contributed by atoms with Gasteiger partial charge >= 0.3 is 0 Å². The normalized spacial score (nSPS) is 17.4. The highest BCUT2D eigenvalue weighted by molar-refractivity contribution is 7.20. The number of carbonyl (C=O) groups is 1. The maximum atomic E-state index is 12.7. The van der Waals surface area contributed by atoms with Gasteiger partial charge in [0.2, 0.25) is 10.1 Å². The molecule has 0 aromatic carbocycles. The third kappa shape index (κ3) is 3.59. The van der Waals surface area contributed by atoms with Crippen LogP contribution in [0.15, 0.2) is 27.5 Å². The van der Waals surface area contributed by atoms with E-state index in [2.05, 4.69) is 27.2 Å². The highest BCUT2D eigenvalue weighted by atomic mass is 32.1. The van der Waals surface area contributed by atoms with Crippen molar-refractivity contribution in [2.75, 3.05) is 18.0 Å². The van der Waals surface area contributed by atoms with Crippen LogP contribution >= 0.6 is 11.3 Å². The van der Waals surface area contributed by atoms with E-state index in [0.29, 0.717) is 16.6 Å². The van der Waals surface area contributed by atoms with Gasteiger partial charge in [-0.1, -0.05) is 18.3 Å². The van der Waals surface area contributed by atoms with Gasteiger partial charge in [-0.3, -0.25) is 9.59 Å². The van der Waals surface area contributed by atoms with Crippen LogP contribution in [0.4, 0.5) is 5.13 Å². The third-order valence-corrected chi connectivity index (χ3v) is 5.65. The zero-order chi connectivity index (χ0) is 19.0. The number of anilines is 1. The largest absolute Gasteiger partial charge is 0.465 e. The molecule has 0 aliphatic carbocycles. The summed E-state index contributed by atoms with van der Waals surface area (Å²) in [7, 11) is 0. The maximum Gasteiger partial charge on any atom is 0.288 e. The van der Waals surface area contributed by atoms with E-state index in [0.717, 1.165) is 30.4 Å². The predicted octanol–water partition coefficient (Wildman–Crippen LogP) is 2.22. The molecule has 0 bridgehead atoms. The topological polar surface area (TPSA) is 92.7 Å². The van der Waals surface area contributed by atoms with Gasteiger partial charge in [-0.25, -0.2) is 4.98 Å². The van der Waals surface area contributed by atoms with E-state index in [-0.39, 0.29) is 12.1 Å². The molecule has 1 aliphatic rings. The van der Waals surface area contributed by atoms with E-state index in [1.807, 2.05) is 13.0 Å². The molecular formula is C18H21N5O3S. The van der Waals surface area contributed by atoms with Crippen LogP contribution in [0.25, 0.3) is 4.96 Å². The molecule has 1 atom stereocenters. The fourth-order valence-electron chi connectivity index (χ4n) is 3.27. The number of aryl methyl sites for hydroxylation is 1. The van der Waals surface area contributed by atoms with E-state index >= 15 is 0 Å². The van der Waals surface area contributed by atoms with Crippen molar-refractivity contribution in [2.45, 2.75) is 33.2 Å². The molecule has 1 N–H and O–H groups in total. The molecule has 0 unspecified atom stereocenters. The number of hydrogen-bond acceptors (Lipinski definition) is 7. The van der Waals surface area contributed by atoms with Crippen molar-refractivity contribution in [1.29, 1.82) is 0 Å². The van der Waals surface area contributed by atoms with Gasteiger partial charge in [0, 0.05) is 19.3 Å². The lowest BCUT2D eigenvalue weighted by Gasteiger charge is -2.30. The average molecular weight is 387 g/mol. The second-order valence-corrected chi connectivity index (χ2v) is 7.88. The second kappa shape index (κ2) is 7.15. The summed E-state index contributed by atoms with van der Waals surface area (Å²) in [4.78, 5) is 32.1. The minimum absolute atomic E-state index is 0.0281. The lowest BCUT2D eigenvalue weighted by atomic mass is 10.0. The Labute approximate surface area is 159 Å². The number of fused-ring (bicyclic) bond motifs is 1. The van der Waals surface area contributed by atoms with Gasteiger partial charge in [0.15, 0.2) is 0 Å². The van der Waals surface area contributed by atoms with Crippen LogP contribution in [0.5, 0.6) is 0 Å². The summed E-state index contributed by atoms with van der Waals surface area (Å²) < 4.78 is 6.65. The Bertz CT molecular complexity index is 1040. The van der Waals surface area contributed by atoms with Crippen LogP contribution in [-0.4, -0.2) is 33.6 Å². The van der Waals surface area contributed by atoms with Crippen LogP contribution < -0.4 is 15.8 Å². The Morgan fingerprint density at radius 3 is 3.04 bits per heavy atom. The zero-order valence-corrected chi connectivity index (χ0v) is 16.1. The number of aromatic nitrogens is 3. The molecule has 1 amide bonds. The molecule has 1 fully saturated rings. The molecule has 142 valence electrons. The highest BCUT2D eigenvalue weighted by Crippen LogP contribution is 2.26. The van der Waals surface area contributed by atoms with Gasteiger partial charge in [-0.2, -0.15) is 4.52 Å². The SMILES string of the molecule is Cc1ccc(CNC(=O)c2cnc3sc(N4CCC[C@H](C)C4)nn3c2=O)o1. The summed E-state index contributed by atoms with van der Waals surface area (Å²) in [5, 5.41) is 7.88. The van der Waals surface area contributed by atoms with E-state index in [1.165, 1.54) is 28.5 Å². The first kappa shape index (κ1) is 17.7. The van der Waals surface area contributed by atoms with Crippen LogP contribution in [0, 0.1) is 12.8 Å². The maximum absolute atomic E-state index is 12.7. The van der Waals surface area contributed by atoms with Crippen molar-refractivity contribution < 1.29 is 9.21 Å². The standard InChI is InChI=1S/C18H21N5O3S/c1-11-4-3-7-22(10-11)18-21-23-16(25)14(9-20-17(23)27-18)15(24)19-8-13-6-5-12(2)26-13/h5-6,9,11H,3-4,7-8,10H2,1-2H3,(H,19,24)/t11-/m0/s1. The lowest BCUT2D eigenvalue weighted by molar-refractivity contribution is 0.0945. The molecular weight excluding hydrogens is 366 g/mol. The van der Waals surface area contributed by atoms with E-state index in [4.69, 9.17) is 4.42 Å². The van der Waals surface area contributed by atoms with Crippen molar-refractivity contribution in [3.63, 3.8) is 0 Å². The average Bonchev–Trinajstić information content (AvgIpc) is 3.27. The third-order valence-electron chi connectivity index (χ3n) is 4.67. The second-order valence-electron chi connectivity index (χ2n) is 6.94. The van der Waals surface area contributed by atoms with Crippen LogP contribution in [0.2, 0.25) is 0 Å². The van der Waals surface area contributed by atoms with Crippen molar-refractivity contribution in [3.8, 4) is 0 Å². The minimum atomic E-state index is -0.489. The number of nitrogens with one attached hydrogen (secondary N) is 1. The number of piperidine rings is 1. The van der Waals surface area contributed by atoms with Crippen LogP contribution in [-0.2, 0) is 6.54 Å². The Morgan fingerprint density at radius 2 is 2.30 bits per heavy atom. The molecule has 4 rings (SSSR count). The fourth-order valence-corrected chi connectivity index (χ4v) is 4.16. The van der Waals surface area contributed by atoms with Crippen LogP contribution in [0.1, 0.15) is 41.6 Å². The first-order valence-corrected chi connectivity index (χ1v) is 9.80. The van der Waals surface area contributed by atoms with Crippen molar-refractivity contribution in [3.05, 3.63) is 45.8 Å². The van der Waals surface area contributed by atoms with Gasteiger partial charge in [-0.05, 0) is 37.8 Å². The fraction of sp³-hybridized carbons (Fsp3) is 0.444. The van der Waals surface area contributed by atoms with Gasteiger partial charge in [0.05, 0.1) is 6.54 Å². The first-order valence-electron chi connectivity index (χ1n) is 8.98. The molecule has 1 saturated heterocycles. The smallest absolute Gasteiger partial charge is 0.288 e. The van der Waals surface area contributed by atoms with Crippen molar-refractivity contribution in [1.82, 2.24) is 19.9 Å². The monoisotopic (exact) mass is 387 g/mol. The van der Waals surface area contributed by atoms with Gasteiger partial charge in [-0.15, -0.1) is 5.10 Å². The van der Waals surface area contributed by atoms with Gasteiger partial charge in [0.25, 0.3) is 11.5 Å². The van der Waals surface area contributed by atoms with Gasteiger partial charge < -0.3 is 14.6 Å². The van der Waals surface area contributed by atoms with E-state index < -0.39 is 11.5 Å². The number of carbonyl (C=O) groups excluding carboxylic acids is 1. The van der Waals surface area contributed by atoms with E-state index in [1.54, 1.807) is 6.07 Å². The minimum Gasteiger partial charge on any atom is -0.465 e. The molecule has 4 heterocycles. The number of amides is 1. The Kier molecular flexibility index (Phi) is 4.69. The van der Waals surface area contributed by atoms with Gasteiger partial charge in [0.1, 0.15) is 17.1 Å². The quantitative estimate of drug-likeness (QED) is 0.738. The Balaban J connectivity index is 1.56. The molecule has 8 nitrogen and oxygen atoms in total. The summed E-state index contributed by atoms with van der Waals surface area (Å²) in [6, 6.07) is 3.61. The molecule has 0 saturated carbocycles. The molecule has 27 heavy (non-hydrogen) atoms. The summed E-state index contributed by atoms with van der Waals surface area (Å²) in [6.07, 6.45) is 3.64. The molecule has 0 spiro atoms.